The number of aromatic nitrogens is 4. The van der Waals surface area contributed by atoms with E-state index in [1.54, 1.807) is 6.20 Å². The normalized spacial score (nSPS) is 16.8. The average Bonchev–Trinajstić information content (AvgIpc) is 3.01. The summed E-state index contributed by atoms with van der Waals surface area (Å²) in [5.41, 5.74) is 4.48. The summed E-state index contributed by atoms with van der Waals surface area (Å²) < 4.78 is 7.84. The molecule has 0 amide bonds. The molecule has 7 heteroatoms. The van der Waals surface area contributed by atoms with Gasteiger partial charge in [0.2, 0.25) is 5.82 Å². The van der Waals surface area contributed by atoms with Crippen LogP contribution in [0.3, 0.4) is 0 Å². The van der Waals surface area contributed by atoms with E-state index in [1.165, 1.54) is 5.56 Å². The van der Waals surface area contributed by atoms with Gasteiger partial charge in [-0.05, 0) is 25.5 Å². The third-order valence-electron chi connectivity index (χ3n) is 5.11. The molecule has 1 fully saturated rings. The monoisotopic (exact) mass is 374 g/mol. The first kappa shape index (κ1) is 18.1. The largest absolute Gasteiger partial charge is 0.377 e. The Bertz CT molecular complexity index is 1010. The average molecular weight is 374 g/mol. The van der Waals surface area contributed by atoms with Gasteiger partial charge in [-0.2, -0.15) is 10.4 Å². The lowest BCUT2D eigenvalue weighted by Gasteiger charge is -2.36. The van der Waals surface area contributed by atoms with Crippen molar-refractivity contribution in [2.24, 2.45) is 0 Å². The van der Waals surface area contributed by atoms with Crippen LogP contribution in [0.4, 0.5) is 5.82 Å². The summed E-state index contributed by atoms with van der Waals surface area (Å²) in [5, 5.41) is 13.9. The van der Waals surface area contributed by atoms with Gasteiger partial charge >= 0.3 is 0 Å². The van der Waals surface area contributed by atoms with E-state index in [1.807, 2.05) is 41.9 Å². The molecular weight excluding hydrogens is 352 g/mol. The van der Waals surface area contributed by atoms with Crippen molar-refractivity contribution in [2.45, 2.75) is 26.4 Å². The number of hydrogen-bond donors (Lipinski definition) is 0. The zero-order valence-electron chi connectivity index (χ0n) is 16.0. The Balaban J connectivity index is 1.69. The summed E-state index contributed by atoms with van der Waals surface area (Å²) in [6.07, 6.45) is 1.63. The quantitative estimate of drug-likeness (QED) is 0.699. The summed E-state index contributed by atoms with van der Waals surface area (Å²) in [4.78, 5) is 10.6. The molecule has 3 heterocycles. The third-order valence-corrected chi connectivity index (χ3v) is 5.11. The Morgan fingerprint density at radius 1 is 1.21 bits per heavy atom. The summed E-state index contributed by atoms with van der Waals surface area (Å²) in [6.45, 7) is 6.76. The van der Waals surface area contributed by atoms with Gasteiger partial charge in [0.05, 0.1) is 31.5 Å². The maximum Gasteiger partial charge on any atom is 0.234 e. The highest BCUT2D eigenvalue weighted by molar-refractivity contribution is 5.45. The Morgan fingerprint density at radius 2 is 2.04 bits per heavy atom. The molecule has 2 aromatic heterocycles. The minimum atomic E-state index is -0.000263. The van der Waals surface area contributed by atoms with Crippen molar-refractivity contribution < 1.29 is 4.74 Å². The van der Waals surface area contributed by atoms with Crippen molar-refractivity contribution in [3.05, 3.63) is 70.9 Å². The molecular formula is C21H22N6O. The van der Waals surface area contributed by atoms with E-state index in [2.05, 4.69) is 33.9 Å². The molecule has 1 atom stereocenters. The predicted octanol–water partition coefficient (Wildman–Crippen LogP) is 2.79. The Labute approximate surface area is 164 Å². The van der Waals surface area contributed by atoms with Crippen LogP contribution in [0.2, 0.25) is 0 Å². The van der Waals surface area contributed by atoms with E-state index in [0.717, 1.165) is 29.3 Å². The second-order valence-electron chi connectivity index (χ2n) is 6.86. The maximum atomic E-state index is 9.14. The van der Waals surface area contributed by atoms with E-state index in [4.69, 9.17) is 15.1 Å². The number of benzene rings is 1. The molecule has 1 aliphatic rings. The number of nitrogens with zero attached hydrogens (tertiary/aromatic N) is 6. The fourth-order valence-corrected chi connectivity index (χ4v) is 3.78. The van der Waals surface area contributed by atoms with E-state index in [9.17, 15) is 0 Å². The fourth-order valence-electron chi connectivity index (χ4n) is 3.78. The lowest BCUT2D eigenvalue weighted by Crippen LogP contribution is -2.40. The van der Waals surface area contributed by atoms with Crippen LogP contribution < -0.4 is 4.90 Å². The SMILES string of the molecule is Cc1nn(Cc2ccccc2)c(C)c1C1COCCN1c1ccnc(C#N)n1. The van der Waals surface area contributed by atoms with Crippen LogP contribution in [0.25, 0.3) is 0 Å². The highest BCUT2D eigenvalue weighted by atomic mass is 16.5. The van der Waals surface area contributed by atoms with Crippen LogP contribution in [0.15, 0.2) is 42.6 Å². The second kappa shape index (κ2) is 7.79. The Hall–Kier alpha value is -3.24. The van der Waals surface area contributed by atoms with Crippen molar-refractivity contribution in [3.8, 4) is 6.07 Å². The first-order valence-corrected chi connectivity index (χ1v) is 9.32. The number of rotatable bonds is 4. The van der Waals surface area contributed by atoms with Crippen molar-refractivity contribution in [1.82, 2.24) is 19.7 Å². The van der Waals surface area contributed by atoms with Gasteiger partial charge < -0.3 is 9.64 Å². The molecule has 0 spiro atoms. The molecule has 1 aromatic carbocycles. The van der Waals surface area contributed by atoms with Crippen LogP contribution >= 0.6 is 0 Å². The summed E-state index contributed by atoms with van der Waals surface area (Å²) in [6, 6.07) is 14.2. The first-order chi connectivity index (χ1) is 13.7. The molecule has 0 bridgehead atoms. The standard InChI is InChI=1S/C21H22N6O/c1-15-21(16(2)27(25-15)13-17-6-4-3-5-7-17)18-14-28-11-10-26(18)20-8-9-23-19(12-22)24-20/h3-9,18H,10-11,13-14H2,1-2H3. The van der Waals surface area contributed by atoms with E-state index in [-0.39, 0.29) is 11.9 Å². The van der Waals surface area contributed by atoms with Crippen LogP contribution in [-0.4, -0.2) is 39.5 Å². The number of nitriles is 1. The minimum absolute atomic E-state index is 0.000263. The molecule has 4 rings (SSSR count). The maximum absolute atomic E-state index is 9.14. The first-order valence-electron chi connectivity index (χ1n) is 9.32. The number of aryl methyl sites for hydroxylation is 1. The van der Waals surface area contributed by atoms with E-state index >= 15 is 0 Å². The van der Waals surface area contributed by atoms with Crippen molar-refractivity contribution >= 4 is 5.82 Å². The zero-order valence-corrected chi connectivity index (χ0v) is 16.0. The summed E-state index contributed by atoms with van der Waals surface area (Å²) in [5.74, 6) is 0.922. The van der Waals surface area contributed by atoms with Crippen LogP contribution in [-0.2, 0) is 11.3 Å². The fraction of sp³-hybridized carbons (Fsp3) is 0.333. The van der Waals surface area contributed by atoms with Crippen LogP contribution in [0, 0.1) is 25.2 Å². The zero-order chi connectivity index (χ0) is 19.5. The summed E-state index contributed by atoms with van der Waals surface area (Å²) >= 11 is 0. The molecule has 0 saturated carbocycles. The molecule has 28 heavy (non-hydrogen) atoms. The third kappa shape index (κ3) is 3.47. The molecule has 142 valence electrons. The van der Waals surface area contributed by atoms with Crippen molar-refractivity contribution in [2.75, 3.05) is 24.7 Å². The molecule has 7 nitrogen and oxygen atoms in total. The van der Waals surface area contributed by atoms with Gasteiger partial charge in [0.1, 0.15) is 11.9 Å². The van der Waals surface area contributed by atoms with Gasteiger partial charge in [0.15, 0.2) is 0 Å². The van der Waals surface area contributed by atoms with Gasteiger partial charge in [-0.15, -0.1) is 0 Å². The summed E-state index contributed by atoms with van der Waals surface area (Å²) in [7, 11) is 0. The van der Waals surface area contributed by atoms with Crippen LogP contribution in [0.5, 0.6) is 0 Å². The van der Waals surface area contributed by atoms with Gasteiger partial charge in [-0.25, -0.2) is 9.97 Å². The Kier molecular flexibility index (Phi) is 5.04. The topological polar surface area (TPSA) is 79.9 Å². The Morgan fingerprint density at radius 3 is 2.82 bits per heavy atom. The molecule has 0 aliphatic carbocycles. The minimum Gasteiger partial charge on any atom is -0.377 e. The predicted molar refractivity (Wildman–Crippen MR) is 105 cm³/mol. The van der Waals surface area contributed by atoms with Gasteiger partial charge in [0, 0.05) is 24.0 Å². The van der Waals surface area contributed by atoms with E-state index in [0.29, 0.717) is 19.8 Å². The highest BCUT2D eigenvalue weighted by Crippen LogP contribution is 2.32. The number of morpholine rings is 1. The molecule has 1 aliphatic heterocycles. The highest BCUT2D eigenvalue weighted by Gasteiger charge is 2.30. The van der Waals surface area contributed by atoms with Gasteiger partial charge in [-0.3, -0.25) is 4.68 Å². The van der Waals surface area contributed by atoms with Crippen molar-refractivity contribution in [1.29, 1.82) is 5.26 Å². The molecule has 3 aromatic rings. The number of hydrogen-bond acceptors (Lipinski definition) is 6. The lowest BCUT2D eigenvalue weighted by atomic mass is 10.0. The van der Waals surface area contributed by atoms with E-state index < -0.39 is 0 Å². The van der Waals surface area contributed by atoms with Gasteiger partial charge in [0.25, 0.3) is 0 Å². The van der Waals surface area contributed by atoms with Crippen molar-refractivity contribution in [3.63, 3.8) is 0 Å². The lowest BCUT2D eigenvalue weighted by molar-refractivity contribution is 0.0933. The molecule has 1 saturated heterocycles. The number of ether oxygens (including phenoxy) is 1. The molecule has 0 radical (unpaired) electrons. The van der Waals surface area contributed by atoms with Crippen LogP contribution in [0.1, 0.15) is 34.4 Å². The molecule has 1 unspecified atom stereocenters. The molecule has 0 N–H and O–H groups in total. The second-order valence-corrected chi connectivity index (χ2v) is 6.86. The smallest absolute Gasteiger partial charge is 0.234 e. The van der Waals surface area contributed by atoms with Gasteiger partial charge in [-0.1, -0.05) is 30.3 Å². The number of anilines is 1.